The topological polar surface area (TPSA) is 74.7 Å². The Morgan fingerprint density at radius 2 is 1.89 bits per heavy atom. The maximum absolute atomic E-state index is 12.2. The lowest BCUT2D eigenvalue weighted by Crippen LogP contribution is -2.46. The number of hydrogen-bond donors (Lipinski definition) is 1. The van der Waals surface area contributed by atoms with Gasteiger partial charge in [-0.2, -0.15) is 0 Å². The summed E-state index contributed by atoms with van der Waals surface area (Å²) >= 11 is 1.03. The molecule has 94 valence electrons. The van der Waals surface area contributed by atoms with E-state index in [1.54, 1.807) is 5.38 Å². The van der Waals surface area contributed by atoms with Crippen molar-refractivity contribution in [2.24, 2.45) is 11.8 Å². The number of carboxylic acid groups (broad SMARTS) is 1. The second-order valence-corrected chi connectivity index (χ2v) is 5.58. The van der Waals surface area contributed by atoms with E-state index in [1.165, 1.54) is 6.07 Å². The fourth-order valence-corrected chi connectivity index (χ4v) is 3.49. The maximum Gasteiger partial charge on any atom is 0.348 e. The van der Waals surface area contributed by atoms with Gasteiger partial charge in [-0.05, 0) is 30.7 Å². The molecule has 1 N–H and O–H groups in total. The highest BCUT2D eigenvalue weighted by Crippen LogP contribution is 2.41. The number of fused-ring (bicyclic) bond motifs is 2. The van der Waals surface area contributed by atoms with Crippen LogP contribution in [0.15, 0.2) is 11.4 Å². The van der Waals surface area contributed by atoms with Crippen LogP contribution in [0.25, 0.3) is 0 Å². The normalized spacial score (nSPS) is 26.8. The Balaban J connectivity index is 2.05. The molecule has 5 nitrogen and oxygen atoms in total. The van der Waals surface area contributed by atoms with Gasteiger partial charge in [-0.25, -0.2) is 9.69 Å². The number of carboxylic acids is 1. The molecule has 0 aromatic carbocycles. The Hall–Kier alpha value is -1.69. The molecule has 2 fully saturated rings. The first-order chi connectivity index (χ1) is 8.59. The third-order valence-corrected chi connectivity index (χ3v) is 4.54. The van der Waals surface area contributed by atoms with Crippen molar-refractivity contribution in [3.05, 3.63) is 16.3 Å². The monoisotopic (exact) mass is 265 g/mol. The molecule has 0 spiro atoms. The Morgan fingerprint density at radius 1 is 1.28 bits per heavy atom. The lowest BCUT2D eigenvalue weighted by Gasteiger charge is -2.29. The van der Waals surface area contributed by atoms with Crippen LogP contribution in [-0.4, -0.2) is 22.9 Å². The summed E-state index contributed by atoms with van der Waals surface area (Å²) in [5.41, 5.74) is 0.235. The zero-order chi connectivity index (χ0) is 12.9. The van der Waals surface area contributed by atoms with Gasteiger partial charge in [0.25, 0.3) is 0 Å². The highest BCUT2D eigenvalue weighted by Gasteiger charge is 2.46. The molecule has 2 bridgehead atoms. The van der Waals surface area contributed by atoms with Gasteiger partial charge in [-0.1, -0.05) is 0 Å². The molecular formula is C12H11NO4S. The molecule has 1 aromatic rings. The Kier molecular flexibility index (Phi) is 2.48. The number of aromatic carboxylic acids is 1. The van der Waals surface area contributed by atoms with Crippen LogP contribution in [-0.2, 0) is 9.59 Å². The fraction of sp³-hybridized carbons (Fsp3) is 0.417. The van der Waals surface area contributed by atoms with E-state index >= 15 is 0 Å². The van der Waals surface area contributed by atoms with Crippen molar-refractivity contribution in [3.63, 3.8) is 0 Å². The standard InChI is InChI=1S/C12H11NO4S/c14-10-6-1-2-7(5-6)11(15)13(10)8-3-4-18-9(8)12(16)17/h3-4,6-7H,1-2,5H2,(H,16,17). The Bertz CT molecular complexity index is 528. The van der Waals surface area contributed by atoms with Gasteiger partial charge in [0.2, 0.25) is 11.8 Å². The van der Waals surface area contributed by atoms with Gasteiger partial charge in [-0.15, -0.1) is 11.3 Å². The van der Waals surface area contributed by atoms with Gasteiger partial charge < -0.3 is 5.11 Å². The predicted molar refractivity (Wildman–Crippen MR) is 64.6 cm³/mol. The van der Waals surface area contributed by atoms with Gasteiger partial charge in [0, 0.05) is 11.8 Å². The summed E-state index contributed by atoms with van der Waals surface area (Å²) in [7, 11) is 0. The molecule has 2 amide bonds. The van der Waals surface area contributed by atoms with Gasteiger partial charge >= 0.3 is 5.97 Å². The molecule has 2 heterocycles. The van der Waals surface area contributed by atoms with Gasteiger partial charge in [-0.3, -0.25) is 9.59 Å². The summed E-state index contributed by atoms with van der Waals surface area (Å²) in [5, 5.41) is 10.7. The van der Waals surface area contributed by atoms with Crippen molar-refractivity contribution in [2.75, 3.05) is 4.90 Å². The van der Waals surface area contributed by atoms with E-state index in [4.69, 9.17) is 5.11 Å². The quantitative estimate of drug-likeness (QED) is 0.826. The maximum atomic E-state index is 12.2. The zero-order valence-corrected chi connectivity index (χ0v) is 10.3. The number of rotatable bonds is 2. The van der Waals surface area contributed by atoms with E-state index < -0.39 is 5.97 Å². The minimum atomic E-state index is -1.10. The van der Waals surface area contributed by atoms with Gasteiger partial charge in [0.15, 0.2) is 0 Å². The molecule has 6 heteroatoms. The van der Waals surface area contributed by atoms with Crippen LogP contribution < -0.4 is 4.90 Å². The second kappa shape index (κ2) is 3.91. The van der Waals surface area contributed by atoms with Gasteiger partial charge in [0.1, 0.15) is 4.88 Å². The van der Waals surface area contributed by atoms with E-state index in [-0.39, 0.29) is 34.2 Å². The molecule has 1 aliphatic carbocycles. The lowest BCUT2D eigenvalue weighted by atomic mass is 9.96. The van der Waals surface area contributed by atoms with Crippen LogP contribution in [0.4, 0.5) is 5.69 Å². The largest absolute Gasteiger partial charge is 0.477 e. The molecule has 3 rings (SSSR count). The number of nitrogens with zero attached hydrogens (tertiary/aromatic N) is 1. The van der Waals surface area contributed by atoms with Crippen LogP contribution in [0.5, 0.6) is 0 Å². The average Bonchev–Trinajstić information content (AvgIpc) is 2.95. The molecule has 1 aliphatic heterocycles. The third-order valence-electron chi connectivity index (χ3n) is 3.65. The highest BCUT2D eigenvalue weighted by molar-refractivity contribution is 7.12. The van der Waals surface area contributed by atoms with E-state index in [0.717, 1.165) is 29.1 Å². The first-order valence-corrected chi connectivity index (χ1v) is 6.66. The summed E-state index contributed by atoms with van der Waals surface area (Å²) in [6, 6.07) is 1.54. The number of carbonyl (C=O) groups is 3. The zero-order valence-electron chi connectivity index (χ0n) is 9.46. The van der Waals surface area contributed by atoms with Crippen molar-refractivity contribution >= 4 is 34.8 Å². The van der Waals surface area contributed by atoms with Crippen molar-refractivity contribution < 1.29 is 19.5 Å². The molecule has 2 unspecified atom stereocenters. The van der Waals surface area contributed by atoms with Crippen molar-refractivity contribution in [1.29, 1.82) is 0 Å². The molecule has 0 radical (unpaired) electrons. The molecule has 18 heavy (non-hydrogen) atoms. The molecule has 1 aromatic heterocycles. The molecule has 1 saturated carbocycles. The van der Waals surface area contributed by atoms with Crippen molar-refractivity contribution in [3.8, 4) is 0 Å². The van der Waals surface area contributed by atoms with Crippen LogP contribution in [0.2, 0.25) is 0 Å². The number of thiophene rings is 1. The average molecular weight is 265 g/mol. The number of anilines is 1. The van der Waals surface area contributed by atoms with Crippen LogP contribution in [0, 0.1) is 11.8 Å². The third kappa shape index (κ3) is 1.49. The molecular weight excluding hydrogens is 254 g/mol. The summed E-state index contributed by atoms with van der Waals surface area (Å²) < 4.78 is 0. The number of imide groups is 1. The van der Waals surface area contributed by atoms with E-state index in [0.29, 0.717) is 6.42 Å². The number of piperidine rings is 1. The lowest BCUT2D eigenvalue weighted by molar-refractivity contribution is -0.132. The van der Waals surface area contributed by atoms with Crippen LogP contribution in [0.3, 0.4) is 0 Å². The SMILES string of the molecule is O=C(O)c1sccc1N1C(=O)C2CCC(C2)C1=O. The summed E-state index contributed by atoms with van der Waals surface area (Å²) in [6.07, 6.45) is 2.09. The van der Waals surface area contributed by atoms with E-state index in [1.807, 2.05) is 0 Å². The minimum Gasteiger partial charge on any atom is -0.477 e. The van der Waals surface area contributed by atoms with E-state index in [2.05, 4.69) is 0 Å². The Morgan fingerprint density at radius 3 is 2.44 bits per heavy atom. The summed E-state index contributed by atoms with van der Waals surface area (Å²) in [5.74, 6) is -1.81. The van der Waals surface area contributed by atoms with E-state index in [9.17, 15) is 14.4 Å². The van der Waals surface area contributed by atoms with Crippen molar-refractivity contribution in [2.45, 2.75) is 19.3 Å². The highest BCUT2D eigenvalue weighted by atomic mass is 32.1. The molecule has 1 saturated heterocycles. The molecule has 2 atom stereocenters. The first-order valence-electron chi connectivity index (χ1n) is 5.78. The first kappa shape index (κ1) is 11.4. The fourth-order valence-electron chi connectivity index (χ4n) is 2.78. The van der Waals surface area contributed by atoms with Crippen molar-refractivity contribution in [1.82, 2.24) is 0 Å². The van der Waals surface area contributed by atoms with Crippen LogP contribution >= 0.6 is 11.3 Å². The second-order valence-electron chi connectivity index (χ2n) is 4.66. The summed E-state index contributed by atoms with van der Waals surface area (Å²) in [6.45, 7) is 0. The van der Waals surface area contributed by atoms with Crippen LogP contribution in [0.1, 0.15) is 28.9 Å². The minimum absolute atomic E-state index is 0.0537. The smallest absolute Gasteiger partial charge is 0.348 e. The Labute approximate surface area is 107 Å². The molecule has 2 aliphatic rings. The number of carbonyl (C=O) groups excluding carboxylic acids is 2. The summed E-state index contributed by atoms with van der Waals surface area (Å²) in [4.78, 5) is 36.6. The van der Waals surface area contributed by atoms with Gasteiger partial charge in [0.05, 0.1) is 5.69 Å². The predicted octanol–water partition coefficient (Wildman–Crippen LogP) is 1.74. The number of amides is 2. The number of hydrogen-bond acceptors (Lipinski definition) is 4.